The highest BCUT2D eigenvalue weighted by Gasteiger charge is 2.09. The molecule has 26 heavy (non-hydrogen) atoms. The van der Waals surface area contributed by atoms with Gasteiger partial charge < -0.3 is 16.0 Å². The number of nitrogens with zero attached hydrogens (tertiary/aromatic N) is 3. The van der Waals surface area contributed by atoms with E-state index in [2.05, 4.69) is 25.4 Å². The molecule has 1 amide bonds. The second kappa shape index (κ2) is 7.79. The fourth-order valence-electron chi connectivity index (χ4n) is 2.68. The molecular formula is C19H22N6O. The summed E-state index contributed by atoms with van der Waals surface area (Å²) in [6.45, 7) is 1.31. The zero-order valence-corrected chi connectivity index (χ0v) is 14.9. The Morgan fingerprint density at radius 3 is 2.81 bits per heavy atom. The number of aromatic amines is 1. The summed E-state index contributed by atoms with van der Waals surface area (Å²) in [5.74, 6) is -0.440. The van der Waals surface area contributed by atoms with Crippen LogP contribution in [0.1, 0.15) is 21.6 Å². The van der Waals surface area contributed by atoms with Crippen LogP contribution in [0.2, 0.25) is 0 Å². The van der Waals surface area contributed by atoms with E-state index in [1.807, 2.05) is 38.4 Å². The SMILES string of the molecule is CN(C)Cc1ccc(C(N)=O)cc1NCc1cc(-c2cccnc2)n[nH]1. The predicted octanol–water partition coefficient (Wildman–Crippen LogP) is 2.24. The molecule has 3 aromatic rings. The van der Waals surface area contributed by atoms with Crippen LogP contribution in [0.15, 0.2) is 48.8 Å². The lowest BCUT2D eigenvalue weighted by molar-refractivity contribution is 0.100. The molecule has 0 radical (unpaired) electrons. The van der Waals surface area contributed by atoms with E-state index in [-0.39, 0.29) is 0 Å². The number of amides is 1. The third-order valence-electron chi connectivity index (χ3n) is 3.94. The van der Waals surface area contributed by atoms with Gasteiger partial charge in [-0.05, 0) is 50.0 Å². The first-order valence-electron chi connectivity index (χ1n) is 8.29. The Morgan fingerprint density at radius 2 is 2.12 bits per heavy atom. The first kappa shape index (κ1) is 17.6. The average molecular weight is 350 g/mol. The van der Waals surface area contributed by atoms with Crippen LogP contribution in [0.3, 0.4) is 0 Å². The molecule has 0 unspecified atom stereocenters. The van der Waals surface area contributed by atoms with Crippen molar-refractivity contribution in [3.8, 4) is 11.3 Å². The number of rotatable bonds is 7. The molecule has 2 aromatic heterocycles. The van der Waals surface area contributed by atoms with E-state index in [1.165, 1.54) is 0 Å². The minimum atomic E-state index is -0.440. The van der Waals surface area contributed by atoms with E-state index < -0.39 is 5.91 Å². The van der Waals surface area contributed by atoms with Crippen molar-refractivity contribution in [1.82, 2.24) is 20.1 Å². The van der Waals surface area contributed by atoms with Gasteiger partial charge >= 0.3 is 0 Å². The Kier molecular flexibility index (Phi) is 5.28. The van der Waals surface area contributed by atoms with E-state index in [1.54, 1.807) is 24.5 Å². The van der Waals surface area contributed by atoms with E-state index >= 15 is 0 Å². The Balaban J connectivity index is 1.77. The normalized spacial score (nSPS) is 10.9. The highest BCUT2D eigenvalue weighted by atomic mass is 16.1. The Bertz CT molecular complexity index is 888. The predicted molar refractivity (Wildman–Crippen MR) is 101 cm³/mol. The fraction of sp³-hybridized carbons (Fsp3) is 0.211. The van der Waals surface area contributed by atoms with E-state index in [0.717, 1.165) is 34.7 Å². The van der Waals surface area contributed by atoms with Gasteiger partial charge in [0.1, 0.15) is 0 Å². The maximum Gasteiger partial charge on any atom is 0.248 e. The van der Waals surface area contributed by atoms with Crippen molar-refractivity contribution in [1.29, 1.82) is 0 Å². The van der Waals surface area contributed by atoms with Crippen molar-refractivity contribution in [3.05, 3.63) is 65.6 Å². The average Bonchev–Trinajstić information content (AvgIpc) is 3.10. The minimum absolute atomic E-state index is 0.440. The van der Waals surface area contributed by atoms with Gasteiger partial charge in [-0.1, -0.05) is 6.07 Å². The number of nitrogens with one attached hydrogen (secondary N) is 2. The molecule has 0 aliphatic rings. The molecular weight excluding hydrogens is 328 g/mol. The molecule has 7 nitrogen and oxygen atoms in total. The summed E-state index contributed by atoms with van der Waals surface area (Å²) in [5.41, 5.74) is 10.6. The Hall–Kier alpha value is -3.19. The number of carbonyl (C=O) groups is 1. The second-order valence-electron chi connectivity index (χ2n) is 6.35. The summed E-state index contributed by atoms with van der Waals surface area (Å²) in [6, 6.07) is 11.3. The number of pyridine rings is 1. The van der Waals surface area contributed by atoms with E-state index in [0.29, 0.717) is 12.1 Å². The third kappa shape index (κ3) is 4.25. The molecule has 7 heteroatoms. The van der Waals surface area contributed by atoms with Crippen LogP contribution >= 0.6 is 0 Å². The summed E-state index contributed by atoms with van der Waals surface area (Å²) >= 11 is 0. The van der Waals surface area contributed by atoms with Gasteiger partial charge in [0, 0.05) is 35.8 Å². The molecule has 0 aliphatic carbocycles. The van der Waals surface area contributed by atoms with Crippen LogP contribution < -0.4 is 11.1 Å². The number of hydrogen-bond acceptors (Lipinski definition) is 5. The molecule has 1 aromatic carbocycles. The molecule has 0 saturated heterocycles. The molecule has 0 aliphatic heterocycles. The van der Waals surface area contributed by atoms with Crippen LogP contribution in [0.4, 0.5) is 5.69 Å². The smallest absolute Gasteiger partial charge is 0.248 e. The van der Waals surface area contributed by atoms with Crippen LogP contribution in [0, 0.1) is 0 Å². The summed E-state index contributed by atoms with van der Waals surface area (Å²) in [4.78, 5) is 17.7. The molecule has 3 rings (SSSR count). The topological polar surface area (TPSA) is 99.9 Å². The first-order chi connectivity index (χ1) is 12.5. The number of carbonyl (C=O) groups excluding carboxylic acids is 1. The summed E-state index contributed by atoms with van der Waals surface area (Å²) in [6.07, 6.45) is 3.51. The number of anilines is 1. The van der Waals surface area contributed by atoms with Crippen molar-refractivity contribution in [3.63, 3.8) is 0 Å². The van der Waals surface area contributed by atoms with Crippen LogP contribution in [0.5, 0.6) is 0 Å². The quantitative estimate of drug-likeness (QED) is 0.607. The lowest BCUT2D eigenvalue weighted by Gasteiger charge is -2.16. The molecule has 0 bridgehead atoms. The highest BCUT2D eigenvalue weighted by Crippen LogP contribution is 2.21. The Morgan fingerprint density at radius 1 is 1.27 bits per heavy atom. The number of aromatic nitrogens is 3. The van der Waals surface area contributed by atoms with Crippen molar-refractivity contribution in [2.24, 2.45) is 5.73 Å². The molecule has 0 saturated carbocycles. The lowest BCUT2D eigenvalue weighted by atomic mass is 10.1. The second-order valence-corrected chi connectivity index (χ2v) is 6.35. The number of benzene rings is 1. The molecule has 2 heterocycles. The minimum Gasteiger partial charge on any atom is -0.379 e. The summed E-state index contributed by atoms with van der Waals surface area (Å²) in [5, 5.41) is 10.7. The van der Waals surface area contributed by atoms with Gasteiger partial charge in [0.05, 0.1) is 17.9 Å². The number of primary amides is 1. The number of H-pyrrole nitrogens is 1. The van der Waals surface area contributed by atoms with Gasteiger partial charge in [-0.2, -0.15) is 5.10 Å². The van der Waals surface area contributed by atoms with Gasteiger partial charge in [0.25, 0.3) is 0 Å². The maximum atomic E-state index is 11.5. The lowest BCUT2D eigenvalue weighted by Crippen LogP contribution is -2.15. The maximum absolute atomic E-state index is 11.5. The monoisotopic (exact) mass is 350 g/mol. The molecule has 4 N–H and O–H groups in total. The van der Waals surface area contributed by atoms with Crippen LogP contribution in [-0.2, 0) is 13.1 Å². The fourth-order valence-corrected chi connectivity index (χ4v) is 2.68. The molecule has 0 atom stereocenters. The standard InChI is InChI=1S/C19H22N6O/c1-25(2)12-15-6-5-13(19(20)26)8-17(15)22-11-16-9-18(24-23-16)14-4-3-7-21-10-14/h3-10,22H,11-12H2,1-2H3,(H2,20,26)(H,23,24). The van der Waals surface area contributed by atoms with E-state index in [4.69, 9.17) is 5.73 Å². The van der Waals surface area contributed by atoms with Crippen LogP contribution in [0.25, 0.3) is 11.3 Å². The van der Waals surface area contributed by atoms with Gasteiger partial charge in [-0.25, -0.2) is 0 Å². The first-order valence-corrected chi connectivity index (χ1v) is 8.29. The van der Waals surface area contributed by atoms with Crippen LogP contribution in [-0.4, -0.2) is 40.1 Å². The number of nitrogens with two attached hydrogens (primary N) is 1. The zero-order chi connectivity index (χ0) is 18.5. The number of hydrogen-bond donors (Lipinski definition) is 3. The third-order valence-corrected chi connectivity index (χ3v) is 3.94. The van der Waals surface area contributed by atoms with Gasteiger partial charge in [0.15, 0.2) is 0 Å². The van der Waals surface area contributed by atoms with Crippen molar-refractivity contribution < 1.29 is 4.79 Å². The van der Waals surface area contributed by atoms with Crippen molar-refractivity contribution in [2.45, 2.75) is 13.1 Å². The molecule has 0 spiro atoms. The zero-order valence-electron chi connectivity index (χ0n) is 14.9. The summed E-state index contributed by atoms with van der Waals surface area (Å²) < 4.78 is 0. The van der Waals surface area contributed by atoms with Crippen molar-refractivity contribution in [2.75, 3.05) is 19.4 Å². The highest BCUT2D eigenvalue weighted by molar-refractivity contribution is 5.94. The molecule has 134 valence electrons. The Labute approximate surface area is 152 Å². The largest absolute Gasteiger partial charge is 0.379 e. The van der Waals surface area contributed by atoms with E-state index in [9.17, 15) is 4.79 Å². The van der Waals surface area contributed by atoms with Gasteiger partial charge in [-0.3, -0.25) is 14.9 Å². The van der Waals surface area contributed by atoms with Gasteiger partial charge in [0.2, 0.25) is 5.91 Å². The van der Waals surface area contributed by atoms with Crippen molar-refractivity contribution >= 4 is 11.6 Å². The summed E-state index contributed by atoms with van der Waals surface area (Å²) in [7, 11) is 4.00. The van der Waals surface area contributed by atoms with Gasteiger partial charge in [-0.15, -0.1) is 0 Å². The molecule has 0 fully saturated rings.